The fraction of sp³-hybridized carbons (Fsp3) is 0.125. The fourth-order valence-electron chi connectivity index (χ4n) is 2.66. The first-order valence-electron chi connectivity index (χ1n) is 9.61. The molecule has 0 radical (unpaired) electrons. The number of rotatable bonds is 7. The van der Waals surface area contributed by atoms with Gasteiger partial charge in [-0.15, -0.1) is 0 Å². The van der Waals surface area contributed by atoms with Crippen LogP contribution in [-0.4, -0.2) is 25.1 Å². The first kappa shape index (κ1) is 21.6. The van der Waals surface area contributed by atoms with Crippen LogP contribution in [-0.2, 0) is 16.2 Å². The lowest BCUT2D eigenvalue weighted by Crippen LogP contribution is -2.32. The molecule has 0 heterocycles. The number of para-hydroxylation sites is 1. The van der Waals surface area contributed by atoms with E-state index in [2.05, 4.69) is 15.8 Å². The summed E-state index contributed by atoms with van der Waals surface area (Å²) in [5.41, 5.74) is 5.56. The average Bonchev–Trinajstić information content (AvgIpc) is 2.79. The summed E-state index contributed by atoms with van der Waals surface area (Å²) in [4.78, 5) is 24.1. The minimum atomic E-state index is -0.892. The van der Waals surface area contributed by atoms with Gasteiger partial charge in [-0.25, -0.2) is 5.43 Å². The molecular weight excluding hydrogens is 394 g/mol. The lowest BCUT2D eigenvalue weighted by Gasteiger charge is -2.09. The van der Waals surface area contributed by atoms with Crippen molar-refractivity contribution in [3.8, 4) is 11.5 Å². The van der Waals surface area contributed by atoms with Crippen molar-refractivity contribution >= 4 is 23.7 Å². The highest BCUT2D eigenvalue weighted by Gasteiger charge is 2.13. The molecule has 0 aromatic heterocycles. The van der Waals surface area contributed by atoms with Gasteiger partial charge in [-0.3, -0.25) is 9.59 Å². The van der Waals surface area contributed by atoms with Crippen molar-refractivity contribution in [1.82, 2.24) is 5.43 Å². The Hall–Kier alpha value is -4.13. The highest BCUT2D eigenvalue weighted by molar-refractivity contribution is 6.39. The van der Waals surface area contributed by atoms with E-state index >= 15 is 0 Å². The van der Waals surface area contributed by atoms with Crippen LogP contribution in [0.2, 0.25) is 0 Å². The number of ether oxygens (including phenoxy) is 2. The van der Waals surface area contributed by atoms with Crippen molar-refractivity contribution in [3.63, 3.8) is 0 Å². The Morgan fingerprint density at radius 2 is 1.74 bits per heavy atom. The van der Waals surface area contributed by atoms with Gasteiger partial charge in [0.15, 0.2) is 0 Å². The molecule has 31 heavy (non-hydrogen) atoms. The maximum Gasteiger partial charge on any atom is 0.329 e. The van der Waals surface area contributed by atoms with Gasteiger partial charge >= 0.3 is 11.8 Å². The molecular formula is C24H23N3O4. The van der Waals surface area contributed by atoms with E-state index in [0.29, 0.717) is 29.4 Å². The van der Waals surface area contributed by atoms with Gasteiger partial charge in [0.05, 0.1) is 13.3 Å². The number of carbonyl (C=O) groups excluding carboxylic acids is 2. The number of amides is 2. The van der Waals surface area contributed by atoms with Crippen molar-refractivity contribution < 1.29 is 19.1 Å². The predicted octanol–water partition coefficient (Wildman–Crippen LogP) is 3.67. The standard InChI is InChI=1S/C24H23N3O4/c1-17-10-12-18(13-11-17)16-31-22-9-4-3-6-19(22)15-25-27-24(29)23(28)26-20-7-5-8-21(14-20)30-2/h3-15H,16H2,1-2H3,(H,26,28)(H,27,29)/b25-15-. The zero-order valence-electron chi connectivity index (χ0n) is 17.3. The molecule has 0 aliphatic carbocycles. The number of nitrogens with zero attached hydrogens (tertiary/aromatic N) is 1. The van der Waals surface area contributed by atoms with Crippen LogP contribution in [0.3, 0.4) is 0 Å². The second kappa shape index (κ2) is 10.6. The highest BCUT2D eigenvalue weighted by Crippen LogP contribution is 2.18. The quantitative estimate of drug-likeness (QED) is 0.349. The number of aryl methyl sites for hydroxylation is 1. The van der Waals surface area contributed by atoms with Gasteiger partial charge in [0.25, 0.3) is 0 Å². The van der Waals surface area contributed by atoms with Crippen molar-refractivity contribution in [2.75, 3.05) is 12.4 Å². The molecule has 0 spiro atoms. The first-order chi connectivity index (χ1) is 15.0. The van der Waals surface area contributed by atoms with Gasteiger partial charge in [0, 0.05) is 17.3 Å². The summed E-state index contributed by atoms with van der Waals surface area (Å²) in [6.07, 6.45) is 1.43. The molecule has 158 valence electrons. The molecule has 7 nitrogen and oxygen atoms in total. The van der Waals surface area contributed by atoms with Gasteiger partial charge < -0.3 is 14.8 Å². The molecule has 3 aromatic rings. The normalized spacial score (nSPS) is 10.5. The van der Waals surface area contributed by atoms with E-state index < -0.39 is 11.8 Å². The SMILES string of the molecule is COc1cccc(NC(=O)C(=O)N/N=C\c2ccccc2OCc2ccc(C)cc2)c1. The van der Waals surface area contributed by atoms with Crippen LogP contribution >= 0.6 is 0 Å². The zero-order valence-corrected chi connectivity index (χ0v) is 17.3. The lowest BCUT2D eigenvalue weighted by molar-refractivity contribution is -0.136. The summed E-state index contributed by atoms with van der Waals surface area (Å²) in [5, 5.41) is 6.36. The molecule has 0 saturated carbocycles. The molecule has 7 heteroatoms. The molecule has 0 saturated heterocycles. The molecule has 2 N–H and O–H groups in total. The minimum Gasteiger partial charge on any atom is -0.497 e. The third kappa shape index (κ3) is 6.43. The Kier molecular flexibility index (Phi) is 7.37. The van der Waals surface area contributed by atoms with E-state index in [1.165, 1.54) is 18.9 Å². The Labute approximate surface area is 180 Å². The monoisotopic (exact) mass is 417 g/mol. The molecule has 0 fully saturated rings. The van der Waals surface area contributed by atoms with Crippen molar-refractivity contribution in [2.45, 2.75) is 13.5 Å². The molecule has 2 amide bonds. The van der Waals surface area contributed by atoms with E-state index in [9.17, 15) is 9.59 Å². The third-order valence-electron chi connectivity index (χ3n) is 4.34. The van der Waals surface area contributed by atoms with Crippen LogP contribution in [0.15, 0.2) is 77.9 Å². The van der Waals surface area contributed by atoms with Crippen LogP contribution < -0.4 is 20.2 Å². The van der Waals surface area contributed by atoms with Gasteiger partial charge in [0.1, 0.15) is 18.1 Å². The Morgan fingerprint density at radius 1 is 0.968 bits per heavy atom. The van der Waals surface area contributed by atoms with Crippen molar-refractivity contribution in [3.05, 3.63) is 89.5 Å². The van der Waals surface area contributed by atoms with E-state index in [1.54, 1.807) is 30.3 Å². The number of nitrogens with one attached hydrogen (secondary N) is 2. The van der Waals surface area contributed by atoms with Crippen LogP contribution in [0.5, 0.6) is 11.5 Å². The average molecular weight is 417 g/mol. The van der Waals surface area contributed by atoms with Crippen LogP contribution in [0.4, 0.5) is 5.69 Å². The number of hydrogen-bond donors (Lipinski definition) is 2. The van der Waals surface area contributed by atoms with Crippen LogP contribution in [0.1, 0.15) is 16.7 Å². The van der Waals surface area contributed by atoms with Gasteiger partial charge in [-0.05, 0) is 36.8 Å². The van der Waals surface area contributed by atoms with Crippen molar-refractivity contribution in [2.24, 2.45) is 5.10 Å². The molecule has 3 rings (SSSR count). The lowest BCUT2D eigenvalue weighted by atomic mass is 10.1. The summed E-state index contributed by atoms with van der Waals surface area (Å²) in [6, 6.07) is 22.1. The van der Waals surface area contributed by atoms with Gasteiger partial charge in [0.2, 0.25) is 0 Å². The van der Waals surface area contributed by atoms with Gasteiger partial charge in [-0.1, -0.05) is 48.0 Å². The Bertz CT molecular complexity index is 1080. The van der Waals surface area contributed by atoms with E-state index in [0.717, 1.165) is 5.56 Å². The van der Waals surface area contributed by atoms with Crippen LogP contribution in [0, 0.1) is 6.92 Å². The third-order valence-corrected chi connectivity index (χ3v) is 4.34. The van der Waals surface area contributed by atoms with E-state index in [4.69, 9.17) is 9.47 Å². The molecule has 0 unspecified atom stereocenters. The summed E-state index contributed by atoms with van der Waals surface area (Å²) >= 11 is 0. The summed E-state index contributed by atoms with van der Waals surface area (Å²) in [5.74, 6) is -0.549. The number of carbonyl (C=O) groups is 2. The smallest absolute Gasteiger partial charge is 0.329 e. The van der Waals surface area contributed by atoms with Crippen LogP contribution in [0.25, 0.3) is 0 Å². The number of hydrazone groups is 1. The van der Waals surface area contributed by atoms with Gasteiger partial charge in [-0.2, -0.15) is 5.10 Å². The maximum atomic E-state index is 12.0. The van der Waals surface area contributed by atoms with E-state index in [1.807, 2.05) is 49.4 Å². The second-order valence-corrected chi connectivity index (χ2v) is 6.70. The molecule has 0 aliphatic heterocycles. The zero-order chi connectivity index (χ0) is 22.1. The Balaban J connectivity index is 1.56. The molecule has 0 aliphatic rings. The Morgan fingerprint density at radius 3 is 2.52 bits per heavy atom. The minimum absolute atomic E-state index is 0.403. The number of benzene rings is 3. The first-order valence-corrected chi connectivity index (χ1v) is 9.61. The second-order valence-electron chi connectivity index (χ2n) is 6.70. The van der Waals surface area contributed by atoms with Crippen molar-refractivity contribution in [1.29, 1.82) is 0 Å². The topological polar surface area (TPSA) is 89.0 Å². The summed E-state index contributed by atoms with van der Waals surface area (Å²) in [6.45, 7) is 2.43. The number of hydrogen-bond acceptors (Lipinski definition) is 5. The molecule has 0 atom stereocenters. The van der Waals surface area contributed by atoms with E-state index in [-0.39, 0.29) is 0 Å². The maximum absolute atomic E-state index is 12.0. The number of methoxy groups -OCH3 is 1. The summed E-state index contributed by atoms with van der Waals surface area (Å²) < 4.78 is 11.0. The largest absolute Gasteiger partial charge is 0.497 e. The fourth-order valence-corrected chi connectivity index (χ4v) is 2.66. The summed E-state index contributed by atoms with van der Waals surface area (Å²) in [7, 11) is 1.52. The molecule has 3 aromatic carbocycles. The number of anilines is 1. The predicted molar refractivity (Wildman–Crippen MR) is 119 cm³/mol. The molecule has 0 bridgehead atoms. The highest BCUT2D eigenvalue weighted by atomic mass is 16.5.